The molecular formula is C19H14N2O. The van der Waals surface area contributed by atoms with E-state index < -0.39 is 0 Å². The SMILES string of the molecule is CC1C=C2C(=CC1)C(=O)N1C2=Nc2cccc3cccc1c23. The Morgan fingerprint density at radius 1 is 1.14 bits per heavy atom. The molecule has 3 heteroatoms. The van der Waals surface area contributed by atoms with E-state index in [1.54, 1.807) is 4.90 Å². The van der Waals surface area contributed by atoms with E-state index in [1.165, 1.54) is 0 Å². The van der Waals surface area contributed by atoms with Gasteiger partial charge in [-0.3, -0.25) is 9.69 Å². The van der Waals surface area contributed by atoms with Crippen molar-refractivity contribution < 1.29 is 4.79 Å². The third-order valence-electron chi connectivity index (χ3n) is 4.65. The van der Waals surface area contributed by atoms with Gasteiger partial charge in [-0.1, -0.05) is 43.3 Å². The molecule has 3 nitrogen and oxygen atoms in total. The first kappa shape index (κ1) is 11.9. The van der Waals surface area contributed by atoms with Gasteiger partial charge in [-0.25, -0.2) is 4.99 Å². The maximum atomic E-state index is 12.9. The Balaban J connectivity index is 1.87. The second-order valence-electron chi connectivity index (χ2n) is 6.14. The Labute approximate surface area is 128 Å². The molecule has 0 saturated carbocycles. The van der Waals surface area contributed by atoms with E-state index in [1.807, 2.05) is 24.3 Å². The van der Waals surface area contributed by atoms with Crippen molar-refractivity contribution in [2.45, 2.75) is 13.3 Å². The van der Waals surface area contributed by atoms with E-state index in [2.05, 4.69) is 31.2 Å². The van der Waals surface area contributed by atoms with Crippen molar-refractivity contribution in [2.75, 3.05) is 4.90 Å². The fourth-order valence-corrected chi connectivity index (χ4v) is 3.62. The van der Waals surface area contributed by atoms with Crippen LogP contribution in [0.15, 0.2) is 64.7 Å². The van der Waals surface area contributed by atoms with Crippen LogP contribution in [0.2, 0.25) is 0 Å². The summed E-state index contributed by atoms with van der Waals surface area (Å²) in [7, 11) is 0. The molecule has 0 spiro atoms. The van der Waals surface area contributed by atoms with Crippen LogP contribution in [0.5, 0.6) is 0 Å². The lowest BCUT2D eigenvalue weighted by Gasteiger charge is -2.24. The predicted octanol–water partition coefficient (Wildman–Crippen LogP) is 4.12. The van der Waals surface area contributed by atoms with Crippen molar-refractivity contribution in [2.24, 2.45) is 10.9 Å². The second kappa shape index (κ2) is 3.95. The number of rotatable bonds is 0. The number of hydrogen-bond acceptors (Lipinski definition) is 2. The van der Waals surface area contributed by atoms with Gasteiger partial charge in [0.25, 0.3) is 5.91 Å². The minimum atomic E-state index is 0.0545. The molecule has 1 amide bonds. The molecule has 2 aromatic carbocycles. The Bertz CT molecular complexity index is 944. The van der Waals surface area contributed by atoms with E-state index in [4.69, 9.17) is 4.99 Å². The summed E-state index contributed by atoms with van der Waals surface area (Å²) in [6.07, 6.45) is 5.16. The molecule has 0 radical (unpaired) electrons. The number of hydrogen-bond donors (Lipinski definition) is 0. The van der Waals surface area contributed by atoms with Crippen LogP contribution in [0, 0.1) is 5.92 Å². The highest BCUT2D eigenvalue weighted by molar-refractivity contribution is 6.42. The summed E-state index contributed by atoms with van der Waals surface area (Å²) < 4.78 is 0. The molecule has 2 aliphatic heterocycles. The summed E-state index contributed by atoms with van der Waals surface area (Å²) in [5.74, 6) is 1.29. The number of fused-ring (bicyclic) bond motifs is 4. The second-order valence-corrected chi connectivity index (χ2v) is 6.14. The molecule has 1 atom stereocenters. The average Bonchev–Trinajstić information content (AvgIpc) is 2.80. The van der Waals surface area contributed by atoms with Gasteiger partial charge in [-0.2, -0.15) is 0 Å². The molecular weight excluding hydrogens is 272 g/mol. The molecule has 0 bridgehead atoms. The number of aliphatic imine (C=N–C) groups is 1. The molecule has 3 aliphatic rings. The van der Waals surface area contributed by atoms with Crippen LogP contribution in [0.1, 0.15) is 13.3 Å². The first-order valence-corrected chi connectivity index (χ1v) is 7.61. The predicted molar refractivity (Wildman–Crippen MR) is 88.5 cm³/mol. The van der Waals surface area contributed by atoms with Gasteiger partial charge in [0, 0.05) is 16.5 Å². The molecule has 1 aliphatic carbocycles. The number of amides is 1. The van der Waals surface area contributed by atoms with Crippen molar-refractivity contribution in [1.82, 2.24) is 0 Å². The third kappa shape index (κ3) is 1.36. The van der Waals surface area contributed by atoms with Crippen LogP contribution >= 0.6 is 0 Å². The van der Waals surface area contributed by atoms with E-state index in [9.17, 15) is 4.79 Å². The van der Waals surface area contributed by atoms with Crippen LogP contribution in [0.25, 0.3) is 10.8 Å². The molecule has 1 saturated heterocycles. The normalized spacial score (nSPS) is 22.0. The molecule has 2 aromatic rings. The third-order valence-corrected chi connectivity index (χ3v) is 4.65. The fraction of sp³-hybridized carbons (Fsp3) is 0.158. The summed E-state index contributed by atoms with van der Waals surface area (Å²) in [6, 6.07) is 12.2. The number of anilines is 1. The van der Waals surface area contributed by atoms with Crippen LogP contribution in [0.4, 0.5) is 11.4 Å². The maximum absolute atomic E-state index is 12.9. The van der Waals surface area contributed by atoms with Crippen molar-refractivity contribution in [3.8, 4) is 0 Å². The number of benzene rings is 2. The van der Waals surface area contributed by atoms with Gasteiger partial charge < -0.3 is 0 Å². The quantitative estimate of drug-likeness (QED) is 0.717. The minimum absolute atomic E-state index is 0.0545. The lowest BCUT2D eigenvalue weighted by atomic mass is 9.93. The lowest BCUT2D eigenvalue weighted by Crippen LogP contribution is -2.31. The van der Waals surface area contributed by atoms with Crippen molar-refractivity contribution >= 4 is 33.9 Å². The maximum Gasteiger partial charge on any atom is 0.264 e. The first-order valence-electron chi connectivity index (χ1n) is 7.61. The zero-order valence-corrected chi connectivity index (χ0v) is 12.2. The molecule has 0 aromatic heterocycles. The Morgan fingerprint density at radius 2 is 1.95 bits per heavy atom. The van der Waals surface area contributed by atoms with Crippen LogP contribution in [-0.2, 0) is 4.79 Å². The van der Waals surface area contributed by atoms with Crippen molar-refractivity contribution in [3.05, 3.63) is 59.7 Å². The summed E-state index contributed by atoms with van der Waals surface area (Å²) in [4.78, 5) is 19.5. The number of carbonyl (C=O) groups excluding carboxylic acids is 1. The number of carbonyl (C=O) groups is 1. The van der Waals surface area contributed by atoms with Gasteiger partial charge in [0.1, 0.15) is 5.84 Å². The highest BCUT2D eigenvalue weighted by atomic mass is 16.2. The summed E-state index contributed by atoms with van der Waals surface area (Å²) >= 11 is 0. The molecule has 5 rings (SSSR count). The van der Waals surface area contributed by atoms with Crippen molar-refractivity contribution in [3.63, 3.8) is 0 Å². The van der Waals surface area contributed by atoms with E-state index in [0.717, 1.165) is 45.5 Å². The standard InChI is InChI=1S/C19H14N2O/c1-11-8-9-13-14(10-11)18-20-15-6-2-4-12-5-3-7-16(17(12)15)21(18)19(13)22/h2-7,9-11H,8H2,1H3. The zero-order chi connectivity index (χ0) is 14.8. The van der Waals surface area contributed by atoms with Gasteiger partial charge in [0.05, 0.1) is 11.4 Å². The molecule has 0 N–H and O–H groups in total. The smallest absolute Gasteiger partial charge is 0.264 e. The van der Waals surface area contributed by atoms with Gasteiger partial charge in [-0.15, -0.1) is 0 Å². The summed E-state index contributed by atoms with van der Waals surface area (Å²) in [5.41, 5.74) is 3.70. The Hall–Kier alpha value is -2.68. The molecule has 1 fully saturated rings. The summed E-state index contributed by atoms with van der Waals surface area (Å²) in [6.45, 7) is 2.17. The highest BCUT2D eigenvalue weighted by Crippen LogP contribution is 2.45. The topological polar surface area (TPSA) is 32.7 Å². The van der Waals surface area contributed by atoms with Gasteiger partial charge in [0.2, 0.25) is 0 Å². The fourth-order valence-electron chi connectivity index (χ4n) is 3.62. The molecule has 106 valence electrons. The highest BCUT2D eigenvalue weighted by Gasteiger charge is 2.41. The minimum Gasteiger partial charge on any atom is -0.268 e. The molecule has 1 unspecified atom stereocenters. The number of amidine groups is 1. The Morgan fingerprint density at radius 3 is 2.82 bits per heavy atom. The lowest BCUT2D eigenvalue weighted by molar-refractivity contribution is -0.113. The largest absolute Gasteiger partial charge is 0.268 e. The van der Waals surface area contributed by atoms with E-state index in [-0.39, 0.29) is 5.91 Å². The van der Waals surface area contributed by atoms with Gasteiger partial charge >= 0.3 is 0 Å². The average molecular weight is 286 g/mol. The summed E-state index contributed by atoms with van der Waals surface area (Å²) in [5, 5.41) is 2.19. The van der Waals surface area contributed by atoms with Crippen LogP contribution in [-0.4, -0.2) is 11.7 Å². The number of nitrogens with zero attached hydrogens (tertiary/aromatic N) is 2. The van der Waals surface area contributed by atoms with Crippen LogP contribution in [0.3, 0.4) is 0 Å². The van der Waals surface area contributed by atoms with Crippen molar-refractivity contribution in [1.29, 1.82) is 0 Å². The Kier molecular flexibility index (Phi) is 2.14. The van der Waals surface area contributed by atoms with Gasteiger partial charge in [-0.05, 0) is 29.9 Å². The number of allylic oxidation sites excluding steroid dienone is 2. The molecule has 2 heterocycles. The van der Waals surface area contributed by atoms with E-state index in [0.29, 0.717) is 5.92 Å². The van der Waals surface area contributed by atoms with E-state index >= 15 is 0 Å². The van der Waals surface area contributed by atoms with Crippen LogP contribution < -0.4 is 4.90 Å². The zero-order valence-electron chi connectivity index (χ0n) is 12.2. The molecule has 22 heavy (non-hydrogen) atoms. The van der Waals surface area contributed by atoms with Gasteiger partial charge in [0.15, 0.2) is 0 Å². The monoisotopic (exact) mass is 286 g/mol. The first-order chi connectivity index (χ1) is 10.7.